The zero-order chi connectivity index (χ0) is 0. The molecule has 0 amide bonds. The van der Waals surface area contributed by atoms with Crippen LogP contribution in [0.15, 0.2) is 0 Å². The largest absolute Gasteiger partial charge is 0 e. The predicted octanol–water partition coefficient (Wildman–Crippen LogP) is -0.767. The van der Waals surface area contributed by atoms with Gasteiger partial charge in [0.2, 0.25) is 0 Å². The molecule has 0 unspecified atom stereocenters. The molecule has 0 aromatic carbocycles. The van der Waals surface area contributed by atoms with Crippen LogP contribution in [-0.2, 0) is 44.7 Å². The van der Waals surface area contributed by atoms with Gasteiger partial charge in [-0.1, -0.05) is 0 Å². The summed E-state index contributed by atoms with van der Waals surface area (Å²) in [5, 5.41) is 0. The van der Waals surface area contributed by atoms with Gasteiger partial charge >= 0.3 is 0 Å². The van der Waals surface area contributed by atoms with Gasteiger partial charge in [0, 0.05) is 128 Å². The summed E-state index contributed by atoms with van der Waals surface area (Å²) in [6.07, 6.45) is 0. The van der Waals surface area contributed by atoms with E-state index in [2.05, 4.69) is 0 Å². The third-order valence-corrected chi connectivity index (χ3v) is 0. The first-order valence-corrected chi connectivity index (χ1v) is 0. The van der Waals surface area contributed by atoms with E-state index >= 15 is 0 Å². The monoisotopic (exact) mass is 393 g/mol. The molecule has 0 heterocycles. The Bertz CT molecular complexity index is 8.00. The Morgan fingerprint density at radius 1 is 1.00 bits per heavy atom. The Morgan fingerprint density at radius 2 is 1.00 bits per heavy atom. The van der Waals surface area contributed by atoms with Crippen molar-refractivity contribution in [3.05, 3.63) is 0 Å². The SMILES string of the molecule is [Ca].[Cu].[Hg].[Sr]. The Hall–Kier alpha value is 4.19. The van der Waals surface area contributed by atoms with Gasteiger partial charge in [0.15, 0.2) is 0 Å². The minimum absolute atomic E-state index is 0. The Labute approximate surface area is 124 Å². The fraction of sp³-hybridized carbons (Fsp3) is 0. The number of rotatable bonds is 0. The molecule has 0 aliphatic rings. The molecule has 0 saturated carbocycles. The Balaban J connectivity index is 0. The van der Waals surface area contributed by atoms with Crippen LogP contribution in [-0.4, -0.2) is 83.2 Å². The van der Waals surface area contributed by atoms with Gasteiger partial charge in [0.1, 0.15) is 0 Å². The van der Waals surface area contributed by atoms with E-state index in [0.717, 1.165) is 0 Å². The molecule has 4 heteroatoms. The fourth-order valence-corrected chi connectivity index (χ4v) is 0. The second-order valence-electron chi connectivity index (χ2n) is 0. The van der Waals surface area contributed by atoms with Crippen LogP contribution in [0.5, 0.6) is 0 Å². The van der Waals surface area contributed by atoms with Crippen molar-refractivity contribution in [2.75, 3.05) is 0 Å². The van der Waals surface area contributed by atoms with Gasteiger partial charge in [-0.3, -0.25) is 0 Å². The summed E-state index contributed by atoms with van der Waals surface area (Å²) in [7, 11) is 0. The molecule has 0 saturated heterocycles. The summed E-state index contributed by atoms with van der Waals surface area (Å²) in [4.78, 5) is 0. The first-order chi connectivity index (χ1) is 0. The van der Waals surface area contributed by atoms with Gasteiger partial charge < -0.3 is 0 Å². The van der Waals surface area contributed by atoms with Crippen molar-refractivity contribution in [1.82, 2.24) is 0 Å². The van der Waals surface area contributed by atoms with Gasteiger partial charge in [-0.25, -0.2) is 0 Å². The standard InChI is InChI=1S/Ca.Cu.Hg.Sr. The van der Waals surface area contributed by atoms with Gasteiger partial charge in [0.25, 0.3) is 0 Å². The van der Waals surface area contributed by atoms with Gasteiger partial charge in [0.05, 0.1) is 0 Å². The van der Waals surface area contributed by atoms with E-state index in [1.54, 1.807) is 0 Å². The van der Waals surface area contributed by atoms with E-state index in [4.69, 9.17) is 0 Å². The van der Waals surface area contributed by atoms with E-state index in [-0.39, 0.29) is 128 Å². The van der Waals surface area contributed by atoms with E-state index < -0.39 is 0 Å². The van der Waals surface area contributed by atoms with Crippen molar-refractivity contribution in [3.63, 3.8) is 0 Å². The third kappa shape index (κ3) is 9.50. The van der Waals surface area contributed by atoms with Crippen LogP contribution in [0.1, 0.15) is 0 Å². The third-order valence-electron chi connectivity index (χ3n) is 0. The minimum atomic E-state index is 0. The van der Waals surface area contributed by atoms with Crippen molar-refractivity contribution in [1.29, 1.82) is 0 Å². The van der Waals surface area contributed by atoms with Gasteiger partial charge in [-0.15, -0.1) is 0 Å². The minimum Gasteiger partial charge on any atom is 0 e. The molecular weight excluding hydrogens is 392 g/mol. The van der Waals surface area contributed by atoms with Crippen LogP contribution in [0.2, 0.25) is 0 Å². The molecule has 0 spiro atoms. The maximum absolute atomic E-state index is 0. The molecular formula is CaCuHgSr. The predicted molar refractivity (Wildman–Crippen MR) is 11.5 cm³/mol. The van der Waals surface area contributed by atoms with Gasteiger partial charge in [-0.05, 0) is 0 Å². The molecule has 0 aromatic rings. The summed E-state index contributed by atoms with van der Waals surface area (Å²) in [5.74, 6) is 0. The van der Waals surface area contributed by atoms with Crippen molar-refractivity contribution < 1.29 is 44.7 Å². The molecule has 0 rings (SSSR count). The first kappa shape index (κ1) is 24.1. The fourth-order valence-electron chi connectivity index (χ4n) is 0. The molecule has 4 heavy (non-hydrogen) atoms. The molecule has 0 fully saturated rings. The number of hydrogen-bond acceptors (Lipinski definition) is 0. The summed E-state index contributed by atoms with van der Waals surface area (Å²) in [6, 6.07) is 0. The van der Waals surface area contributed by atoms with E-state index in [0.29, 0.717) is 0 Å². The van der Waals surface area contributed by atoms with Crippen LogP contribution < -0.4 is 0 Å². The molecule has 0 aliphatic carbocycles. The van der Waals surface area contributed by atoms with Crippen molar-refractivity contribution in [2.24, 2.45) is 0 Å². The van der Waals surface area contributed by atoms with Gasteiger partial charge in [-0.2, -0.15) is 0 Å². The maximum Gasteiger partial charge on any atom is 0 e. The molecule has 5 radical (unpaired) electrons. The van der Waals surface area contributed by atoms with Crippen LogP contribution in [0, 0.1) is 0 Å². The Kier molecular flexibility index (Phi) is 94.6. The molecule has 0 aliphatic heterocycles. The van der Waals surface area contributed by atoms with E-state index in [1.807, 2.05) is 0 Å². The average Bonchev–Trinajstić information content (AvgIpc) is 0. The molecule has 17 valence electrons. The summed E-state index contributed by atoms with van der Waals surface area (Å²) in [5.41, 5.74) is 0. The van der Waals surface area contributed by atoms with Crippen LogP contribution >= 0.6 is 0 Å². The summed E-state index contributed by atoms with van der Waals surface area (Å²) < 4.78 is 0. The summed E-state index contributed by atoms with van der Waals surface area (Å²) in [6.45, 7) is 0. The molecule has 0 atom stereocenters. The van der Waals surface area contributed by atoms with Crippen LogP contribution in [0.25, 0.3) is 0 Å². The quantitative estimate of drug-likeness (QED) is 0.476. The average molecular weight is 392 g/mol. The van der Waals surface area contributed by atoms with E-state index in [9.17, 15) is 0 Å². The van der Waals surface area contributed by atoms with Crippen LogP contribution in [0.3, 0.4) is 0 Å². The molecule has 0 nitrogen and oxygen atoms in total. The van der Waals surface area contributed by atoms with Crippen LogP contribution in [0.4, 0.5) is 0 Å². The molecule has 0 N–H and O–H groups in total. The smallest absolute Gasteiger partial charge is 0 e. The zero-order valence-electron chi connectivity index (χ0n) is 2.42. The topological polar surface area (TPSA) is 0 Å². The normalized spacial score (nSPS) is 0. The Morgan fingerprint density at radius 3 is 1.00 bits per heavy atom. The first-order valence-electron chi connectivity index (χ1n) is 0. The van der Waals surface area contributed by atoms with Crippen molar-refractivity contribution in [3.8, 4) is 0 Å². The van der Waals surface area contributed by atoms with E-state index in [1.165, 1.54) is 0 Å². The van der Waals surface area contributed by atoms with Crippen molar-refractivity contribution >= 4 is 83.2 Å². The number of hydrogen-bond donors (Lipinski definition) is 0. The zero-order valence-corrected chi connectivity index (χ0v) is 14.5. The summed E-state index contributed by atoms with van der Waals surface area (Å²) >= 11 is 0. The second-order valence-corrected chi connectivity index (χ2v) is 0. The maximum atomic E-state index is 0. The molecule has 0 bridgehead atoms. The molecule has 0 aromatic heterocycles. The van der Waals surface area contributed by atoms with Crippen molar-refractivity contribution in [2.45, 2.75) is 0 Å². The second kappa shape index (κ2) is 15.7.